The minimum Gasteiger partial charge on any atom is -0.327 e. The van der Waals surface area contributed by atoms with E-state index < -0.39 is 0 Å². The molecule has 0 aliphatic heterocycles. The Hall–Kier alpha value is -1.59. The van der Waals surface area contributed by atoms with Crippen molar-refractivity contribution in [2.75, 3.05) is 0 Å². The van der Waals surface area contributed by atoms with Gasteiger partial charge in [-0.2, -0.15) is 0 Å². The standard InChI is InChI=1S/C12H13NO/c1-10(13)12(8-5-9-14)11-6-3-2-4-7-11/h2-4,6-7,9-10,12H,13H2,1H3. The Labute approximate surface area is 84.1 Å². The second-order valence-corrected chi connectivity index (χ2v) is 3.15. The van der Waals surface area contributed by atoms with Crippen LogP contribution in [0.3, 0.4) is 0 Å². The van der Waals surface area contributed by atoms with Gasteiger partial charge in [-0.05, 0) is 18.4 Å². The van der Waals surface area contributed by atoms with E-state index >= 15 is 0 Å². The minimum atomic E-state index is -0.0788. The summed E-state index contributed by atoms with van der Waals surface area (Å²) in [6, 6.07) is 9.67. The molecule has 72 valence electrons. The molecule has 0 amide bonds. The molecule has 0 saturated heterocycles. The van der Waals surface area contributed by atoms with E-state index in [1.165, 1.54) is 0 Å². The summed E-state index contributed by atoms with van der Waals surface area (Å²) in [5.41, 5.74) is 6.84. The largest absolute Gasteiger partial charge is 0.327 e. The van der Waals surface area contributed by atoms with E-state index in [2.05, 4.69) is 11.8 Å². The fourth-order valence-corrected chi connectivity index (χ4v) is 1.30. The summed E-state index contributed by atoms with van der Waals surface area (Å²) in [5, 5.41) is 0. The van der Waals surface area contributed by atoms with Crippen LogP contribution in [0.2, 0.25) is 0 Å². The van der Waals surface area contributed by atoms with Crippen molar-refractivity contribution in [2.45, 2.75) is 18.9 Å². The SMILES string of the molecule is CC(N)C(C#CC=O)c1ccccc1. The number of nitrogens with two attached hydrogens (primary N) is 1. The summed E-state index contributed by atoms with van der Waals surface area (Å²) >= 11 is 0. The van der Waals surface area contributed by atoms with Gasteiger partial charge >= 0.3 is 0 Å². The van der Waals surface area contributed by atoms with Crippen LogP contribution in [-0.2, 0) is 4.79 Å². The summed E-state index contributed by atoms with van der Waals surface area (Å²) in [5.74, 6) is 5.19. The van der Waals surface area contributed by atoms with Crippen molar-refractivity contribution < 1.29 is 4.79 Å². The first-order valence-corrected chi connectivity index (χ1v) is 4.51. The lowest BCUT2D eigenvalue weighted by Gasteiger charge is -2.14. The van der Waals surface area contributed by atoms with Crippen LogP contribution in [0.15, 0.2) is 30.3 Å². The quantitative estimate of drug-likeness (QED) is 0.560. The summed E-state index contributed by atoms with van der Waals surface area (Å²) in [6.45, 7) is 1.89. The highest BCUT2D eigenvalue weighted by atomic mass is 16.1. The van der Waals surface area contributed by atoms with Gasteiger partial charge in [0.25, 0.3) is 0 Å². The molecule has 2 nitrogen and oxygen atoms in total. The van der Waals surface area contributed by atoms with Crippen LogP contribution in [0, 0.1) is 11.8 Å². The van der Waals surface area contributed by atoms with Crippen molar-refractivity contribution in [1.82, 2.24) is 0 Å². The smallest absolute Gasteiger partial charge is 0.192 e. The summed E-state index contributed by atoms with van der Waals surface area (Å²) < 4.78 is 0. The van der Waals surface area contributed by atoms with E-state index in [1.54, 1.807) is 0 Å². The first kappa shape index (κ1) is 10.5. The Morgan fingerprint density at radius 3 is 2.50 bits per heavy atom. The fraction of sp³-hybridized carbons (Fsp3) is 0.250. The Kier molecular flexibility index (Phi) is 3.90. The van der Waals surface area contributed by atoms with Crippen LogP contribution in [0.4, 0.5) is 0 Å². The molecular weight excluding hydrogens is 174 g/mol. The Morgan fingerprint density at radius 2 is 2.00 bits per heavy atom. The van der Waals surface area contributed by atoms with Crippen molar-refractivity contribution in [3.05, 3.63) is 35.9 Å². The lowest BCUT2D eigenvalue weighted by molar-refractivity contribution is -0.103. The third-order valence-electron chi connectivity index (χ3n) is 1.98. The molecule has 14 heavy (non-hydrogen) atoms. The van der Waals surface area contributed by atoms with Crippen LogP contribution in [-0.4, -0.2) is 12.3 Å². The van der Waals surface area contributed by atoms with Gasteiger partial charge < -0.3 is 5.73 Å². The van der Waals surface area contributed by atoms with Gasteiger partial charge in [-0.3, -0.25) is 4.79 Å². The summed E-state index contributed by atoms with van der Waals surface area (Å²) in [7, 11) is 0. The van der Waals surface area contributed by atoms with Gasteiger partial charge in [-0.15, -0.1) is 0 Å². The second kappa shape index (κ2) is 5.21. The van der Waals surface area contributed by atoms with Crippen LogP contribution in [0.5, 0.6) is 0 Å². The second-order valence-electron chi connectivity index (χ2n) is 3.15. The maximum atomic E-state index is 10.1. The van der Waals surface area contributed by atoms with Crippen LogP contribution >= 0.6 is 0 Å². The normalized spacial score (nSPS) is 13.6. The molecular formula is C12H13NO. The van der Waals surface area contributed by atoms with Crippen LogP contribution in [0.25, 0.3) is 0 Å². The Bertz CT molecular complexity index is 346. The fourth-order valence-electron chi connectivity index (χ4n) is 1.30. The Morgan fingerprint density at radius 1 is 1.36 bits per heavy atom. The lowest BCUT2D eigenvalue weighted by Crippen LogP contribution is -2.23. The van der Waals surface area contributed by atoms with Crippen molar-refractivity contribution in [2.24, 2.45) is 5.73 Å². The Balaban J connectivity index is 2.95. The number of rotatable bonds is 2. The van der Waals surface area contributed by atoms with Gasteiger partial charge in [-0.1, -0.05) is 36.3 Å². The van der Waals surface area contributed by atoms with Gasteiger partial charge in [-0.25, -0.2) is 0 Å². The van der Waals surface area contributed by atoms with E-state index in [4.69, 9.17) is 5.73 Å². The third-order valence-corrected chi connectivity index (χ3v) is 1.98. The molecule has 0 heterocycles. The van der Waals surface area contributed by atoms with Gasteiger partial charge in [0, 0.05) is 6.04 Å². The lowest BCUT2D eigenvalue weighted by atomic mass is 9.94. The van der Waals surface area contributed by atoms with Gasteiger partial charge in [0.2, 0.25) is 0 Å². The zero-order valence-electron chi connectivity index (χ0n) is 8.10. The van der Waals surface area contributed by atoms with Crippen molar-refractivity contribution >= 4 is 6.29 Å². The molecule has 1 aromatic carbocycles. The average Bonchev–Trinajstić information content (AvgIpc) is 2.19. The zero-order valence-corrected chi connectivity index (χ0v) is 8.10. The maximum Gasteiger partial charge on any atom is 0.192 e. The number of carbonyl (C=O) groups excluding carboxylic acids is 1. The van der Waals surface area contributed by atoms with E-state index in [1.807, 2.05) is 37.3 Å². The van der Waals surface area contributed by atoms with Crippen LogP contribution < -0.4 is 5.73 Å². The first-order valence-electron chi connectivity index (χ1n) is 4.51. The number of hydrogen-bond donors (Lipinski definition) is 1. The van der Waals surface area contributed by atoms with E-state index in [9.17, 15) is 4.79 Å². The molecule has 1 rings (SSSR count). The zero-order chi connectivity index (χ0) is 10.4. The number of benzene rings is 1. The highest BCUT2D eigenvalue weighted by Gasteiger charge is 2.12. The molecule has 2 unspecified atom stereocenters. The number of hydrogen-bond acceptors (Lipinski definition) is 2. The third kappa shape index (κ3) is 2.72. The molecule has 0 fully saturated rings. The molecule has 0 aliphatic carbocycles. The van der Waals surface area contributed by atoms with Crippen molar-refractivity contribution in [3.8, 4) is 11.8 Å². The molecule has 2 heteroatoms. The molecule has 0 radical (unpaired) electrons. The van der Waals surface area contributed by atoms with Gasteiger partial charge in [0.05, 0.1) is 5.92 Å². The molecule has 2 atom stereocenters. The molecule has 1 aromatic rings. The number of aldehydes is 1. The molecule has 0 bridgehead atoms. The summed E-state index contributed by atoms with van der Waals surface area (Å²) in [6.07, 6.45) is 0.596. The predicted octanol–water partition coefficient (Wildman–Crippen LogP) is 1.32. The monoisotopic (exact) mass is 187 g/mol. The molecule has 0 saturated carbocycles. The molecule has 0 aromatic heterocycles. The summed E-state index contributed by atoms with van der Waals surface area (Å²) in [4.78, 5) is 10.1. The molecule has 0 spiro atoms. The van der Waals surface area contributed by atoms with E-state index in [0.717, 1.165) is 5.56 Å². The minimum absolute atomic E-state index is 0.0681. The highest BCUT2D eigenvalue weighted by Crippen LogP contribution is 2.16. The molecule has 0 aliphatic rings. The highest BCUT2D eigenvalue weighted by molar-refractivity contribution is 5.73. The van der Waals surface area contributed by atoms with Crippen molar-refractivity contribution in [1.29, 1.82) is 0 Å². The van der Waals surface area contributed by atoms with Crippen molar-refractivity contribution in [3.63, 3.8) is 0 Å². The first-order chi connectivity index (χ1) is 6.75. The van der Waals surface area contributed by atoms with E-state index in [-0.39, 0.29) is 12.0 Å². The average molecular weight is 187 g/mol. The predicted molar refractivity (Wildman–Crippen MR) is 56.7 cm³/mol. The topological polar surface area (TPSA) is 43.1 Å². The van der Waals surface area contributed by atoms with Crippen LogP contribution in [0.1, 0.15) is 18.4 Å². The van der Waals surface area contributed by atoms with Gasteiger partial charge in [0.15, 0.2) is 6.29 Å². The number of carbonyl (C=O) groups is 1. The van der Waals surface area contributed by atoms with Gasteiger partial charge in [0.1, 0.15) is 0 Å². The van der Waals surface area contributed by atoms with E-state index in [0.29, 0.717) is 6.29 Å². The molecule has 2 N–H and O–H groups in total. The maximum absolute atomic E-state index is 10.1.